The van der Waals surface area contributed by atoms with Gasteiger partial charge in [0.1, 0.15) is 0 Å². The largest absolute Gasteiger partial charge is 0.327 e. The van der Waals surface area contributed by atoms with Crippen LogP contribution >= 0.6 is 0 Å². The molecule has 0 aromatic rings. The number of rotatable bonds is 4. The summed E-state index contributed by atoms with van der Waals surface area (Å²) in [6.45, 7) is 2.34. The first kappa shape index (κ1) is 13.1. The number of nitrogens with two attached hydrogens (primary N) is 1. The quantitative estimate of drug-likeness (QED) is 0.717. The van der Waals surface area contributed by atoms with Crippen molar-refractivity contribution in [3.63, 3.8) is 0 Å². The van der Waals surface area contributed by atoms with Crippen LogP contribution in [0.4, 0.5) is 0 Å². The van der Waals surface area contributed by atoms with Crippen molar-refractivity contribution in [3.05, 3.63) is 11.6 Å². The number of hydrogen-bond donors (Lipinski definition) is 1. The van der Waals surface area contributed by atoms with Crippen LogP contribution in [0, 0.1) is 11.8 Å². The maximum atomic E-state index is 6.46. The Balaban J connectivity index is 1.82. The van der Waals surface area contributed by atoms with E-state index in [2.05, 4.69) is 13.0 Å². The van der Waals surface area contributed by atoms with Gasteiger partial charge in [0.15, 0.2) is 0 Å². The lowest BCUT2D eigenvalue weighted by Gasteiger charge is -2.33. The van der Waals surface area contributed by atoms with E-state index in [1.54, 1.807) is 5.57 Å². The Morgan fingerprint density at radius 1 is 1.29 bits per heavy atom. The van der Waals surface area contributed by atoms with Gasteiger partial charge >= 0.3 is 0 Å². The zero-order chi connectivity index (χ0) is 12.1. The second-order valence-electron chi connectivity index (χ2n) is 6.18. The molecule has 1 fully saturated rings. The second-order valence-corrected chi connectivity index (χ2v) is 6.18. The van der Waals surface area contributed by atoms with Crippen LogP contribution in [0.2, 0.25) is 0 Å². The standard InChI is InChI=1S/C16H29N/c1-2-13-9-6-10-15(11-13)16(17)12-14-7-4-3-5-8-14/h7,13,15-16H,2-6,8-12,17H2,1H3. The molecule has 0 radical (unpaired) electrons. The lowest BCUT2D eigenvalue weighted by molar-refractivity contribution is 0.227. The van der Waals surface area contributed by atoms with E-state index < -0.39 is 0 Å². The Labute approximate surface area is 107 Å². The van der Waals surface area contributed by atoms with E-state index in [0.29, 0.717) is 6.04 Å². The normalized spacial score (nSPS) is 32.0. The summed E-state index contributed by atoms with van der Waals surface area (Å²) in [7, 11) is 0. The van der Waals surface area contributed by atoms with Crippen LogP contribution in [-0.4, -0.2) is 6.04 Å². The van der Waals surface area contributed by atoms with Crippen LogP contribution in [0.25, 0.3) is 0 Å². The molecule has 0 amide bonds. The minimum Gasteiger partial charge on any atom is -0.327 e. The molecule has 0 aromatic carbocycles. The van der Waals surface area contributed by atoms with E-state index in [-0.39, 0.29) is 0 Å². The van der Waals surface area contributed by atoms with Gasteiger partial charge in [-0.3, -0.25) is 0 Å². The van der Waals surface area contributed by atoms with Crippen LogP contribution in [0.5, 0.6) is 0 Å². The summed E-state index contributed by atoms with van der Waals surface area (Å²) in [5.41, 5.74) is 8.11. The highest BCUT2D eigenvalue weighted by Gasteiger charge is 2.26. The first-order valence-electron chi connectivity index (χ1n) is 7.73. The first-order valence-corrected chi connectivity index (χ1v) is 7.73. The zero-order valence-corrected chi connectivity index (χ0v) is 11.5. The monoisotopic (exact) mass is 235 g/mol. The van der Waals surface area contributed by atoms with E-state index >= 15 is 0 Å². The Morgan fingerprint density at radius 3 is 2.88 bits per heavy atom. The molecular weight excluding hydrogens is 206 g/mol. The van der Waals surface area contributed by atoms with E-state index in [1.807, 2.05) is 0 Å². The molecule has 0 aromatic heterocycles. The third-order valence-electron chi connectivity index (χ3n) is 4.89. The Kier molecular flexibility index (Phi) is 5.09. The predicted molar refractivity (Wildman–Crippen MR) is 74.9 cm³/mol. The molecule has 2 aliphatic carbocycles. The lowest BCUT2D eigenvalue weighted by Crippen LogP contribution is -2.34. The van der Waals surface area contributed by atoms with Gasteiger partial charge in [0, 0.05) is 6.04 Å². The van der Waals surface area contributed by atoms with Crippen LogP contribution in [0.15, 0.2) is 11.6 Å². The smallest absolute Gasteiger partial charge is 0.0105 e. The van der Waals surface area contributed by atoms with Crippen LogP contribution in [-0.2, 0) is 0 Å². The molecule has 1 heteroatoms. The van der Waals surface area contributed by atoms with Crippen molar-refractivity contribution < 1.29 is 0 Å². The fraction of sp³-hybridized carbons (Fsp3) is 0.875. The van der Waals surface area contributed by atoms with Gasteiger partial charge in [-0.15, -0.1) is 0 Å². The molecule has 2 N–H and O–H groups in total. The van der Waals surface area contributed by atoms with Crippen LogP contribution in [0.1, 0.15) is 71.1 Å². The van der Waals surface area contributed by atoms with Crippen molar-refractivity contribution in [1.29, 1.82) is 0 Å². The van der Waals surface area contributed by atoms with Crippen LogP contribution in [0.3, 0.4) is 0 Å². The van der Waals surface area contributed by atoms with Crippen molar-refractivity contribution in [3.8, 4) is 0 Å². The topological polar surface area (TPSA) is 26.0 Å². The van der Waals surface area contributed by atoms with Crippen molar-refractivity contribution in [2.75, 3.05) is 0 Å². The molecule has 0 heterocycles. The number of hydrogen-bond acceptors (Lipinski definition) is 1. The lowest BCUT2D eigenvalue weighted by atomic mass is 9.75. The van der Waals surface area contributed by atoms with Crippen molar-refractivity contribution in [1.82, 2.24) is 0 Å². The summed E-state index contributed by atoms with van der Waals surface area (Å²) in [6.07, 6.45) is 16.0. The SMILES string of the molecule is CCC1CCCC(C(N)CC2=CCCCC2)C1. The summed E-state index contributed by atoms with van der Waals surface area (Å²) in [6, 6.07) is 0.439. The molecular formula is C16H29N. The molecule has 0 spiro atoms. The van der Waals surface area contributed by atoms with Gasteiger partial charge in [-0.25, -0.2) is 0 Å². The van der Waals surface area contributed by atoms with Gasteiger partial charge in [0.25, 0.3) is 0 Å². The van der Waals surface area contributed by atoms with Gasteiger partial charge < -0.3 is 5.73 Å². The maximum absolute atomic E-state index is 6.46. The Hall–Kier alpha value is -0.300. The molecule has 0 saturated heterocycles. The summed E-state index contributed by atoms with van der Waals surface area (Å²) in [5.74, 6) is 1.76. The summed E-state index contributed by atoms with van der Waals surface area (Å²) in [5, 5.41) is 0. The molecule has 2 rings (SSSR count). The third kappa shape index (κ3) is 3.84. The maximum Gasteiger partial charge on any atom is 0.0105 e. The molecule has 1 saturated carbocycles. The first-order chi connectivity index (χ1) is 8.29. The number of allylic oxidation sites excluding steroid dienone is 1. The molecule has 2 aliphatic rings. The van der Waals surface area contributed by atoms with Gasteiger partial charge in [-0.1, -0.05) is 37.8 Å². The molecule has 3 unspecified atom stereocenters. The van der Waals surface area contributed by atoms with E-state index in [0.717, 1.165) is 11.8 Å². The second kappa shape index (κ2) is 6.58. The van der Waals surface area contributed by atoms with Crippen molar-refractivity contribution in [2.45, 2.75) is 77.2 Å². The average Bonchev–Trinajstić information content (AvgIpc) is 2.40. The van der Waals surface area contributed by atoms with Crippen molar-refractivity contribution in [2.24, 2.45) is 17.6 Å². The molecule has 98 valence electrons. The molecule has 0 aliphatic heterocycles. The Bertz CT molecular complexity index is 256. The van der Waals surface area contributed by atoms with Gasteiger partial charge in [-0.2, -0.15) is 0 Å². The summed E-state index contributed by atoms with van der Waals surface area (Å²) < 4.78 is 0. The minimum atomic E-state index is 0.439. The fourth-order valence-electron chi connectivity index (χ4n) is 3.65. The van der Waals surface area contributed by atoms with Gasteiger partial charge in [-0.05, 0) is 56.8 Å². The van der Waals surface area contributed by atoms with Crippen LogP contribution < -0.4 is 5.73 Å². The Morgan fingerprint density at radius 2 is 2.18 bits per heavy atom. The van der Waals surface area contributed by atoms with E-state index in [1.165, 1.54) is 64.2 Å². The minimum absolute atomic E-state index is 0.439. The van der Waals surface area contributed by atoms with E-state index in [9.17, 15) is 0 Å². The molecule has 3 atom stereocenters. The summed E-state index contributed by atoms with van der Waals surface area (Å²) in [4.78, 5) is 0. The van der Waals surface area contributed by atoms with Gasteiger partial charge in [0.2, 0.25) is 0 Å². The molecule has 1 nitrogen and oxygen atoms in total. The fourth-order valence-corrected chi connectivity index (χ4v) is 3.65. The average molecular weight is 235 g/mol. The molecule has 0 bridgehead atoms. The highest BCUT2D eigenvalue weighted by molar-refractivity contribution is 5.07. The third-order valence-corrected chi connectivity index (χ3v) is 4.89. The highest BCUT2D eigenvalue weighted by Crippen LogP contribution is 2.34. The van der Waals surface area contributed by atoms with Gasteiger partial charge in [0.05, 0.1) is 0 Å². The highest BCUT2D eigenvalue weighted by atomic mass is 14.7. The van der Waals surface area contributed by atoms with Crippen molar-refractivity contribution >= 4 is 0 Å². The molecule has 17 heavy (non-hydrogen) atoms. The van der Waals surface area contributed by atoms with E-state index in [4.69, 9.17) is 5.73 Å². The zero-order valence-electron chi connectivity index (χ0n) is 11.5. The predicted octanol–water partition coefficient (Wildman–Crippen LogP) is 4.42. The summed E-state index contributed by atoms with van der Waals surface area (Å²) >= 11 is 0.